The summed E-state index contributed by atoms with van der Waals surface area (Å²) in [6, 6.07) is 5.31. The second-order valence-electron chi connectivity index (χ2n) is 4.28. The molecule has 0 amide bonds. The van der Waals surface area contributed by atoms with Crippen molar-refractivity contribution in [1.29, 1.82) is 0 Å². The monoisotopic (exact) mass is 290 g/mol. The summed E-state index contributed by atoms with van der Waals surface area (Å²) in [5.74, 6) is -3.86. The van der Waals surface area contributed by atoms with E-state index in [4.69, 9.17) is 5.73 Å². The van der Waals surface area contributed by atoms with Crippen LogP contribution in [-0.2, 0) is 0 Å². The third-order valence-corrected chi connectivity index (χ3v) is 3.03. The molecule has 0 unspecified atom stereocenters. The predicted molar refractivity (Wildman–Crippen MR) is 71.1 cm³/mol. The number of pyridine rings is 1. The molecule has 0 bridgehead atoms. The molecule has 0 aliphatic heterocycles. The smallest absolute Gasteiger partial charge is 0.196 e. The van der Waals surface area contributed by atoms with Crippen LogP contribution in [0.25, 0.3) is 16.9 Å². The van der Waals surface area contributed by atoms with Crippen molar-refractivity contribution in [2.24, 2.45) is 0 Å². The van der Waals surface area contributed by atoms with E-state index in [0.717, 1.165) is 12.1 Å². The maximum atomic E-state index is 13.9. The van der Waals surface area contributed by atoms with Crippen molar-refractivity contribution in [2.45, 2.75) is 0 Å². The van der Waals surface area contributed by atoms with Crippen molar-refractivity contribution in [1.82, 2.24) is 14.5 Å². The first-order chi connectivity index (χ1) is 10.1. The van der Waals surface area contributed by atoms with E-state index in [9.17, 15) is 13.2 Å². The van der Waals surface area contributed by atoms with Gasteiger partial charge in [0.05, 0.1) is 23.9 Å². The van der Waals surface area contributed by atoms with Gasteiger partial charge in [-0.3, -0.25) is 4.57 Å². The Balaban J connectivity index is 2.21. The molecule has 0 aliphatic carbocycles. The highest BCUT2D eigenvalue weighted by molar-refractivity contribution is 5.72. The lowest BCUT2D eigenvalue weighted by Gasteiger charge is -2.11. The molecule has 0 aliphatic rings. The van der Waals surface area contributed by atoms with E-state index in [0.29, 0.717) is 11.3 Å². The van der Waals surface area contributed by atoms with Gasteiger partial charge in [-0.2, -0.15) is 0 Å². The first kappa shape index (κ1) is 13.2. The van der Waals surface area contributed by atoms with Crippen LogP contribution in [0.4, 0.5) is 19.0 Å². The number of hydrogen-bond acceptors (Lipinski definition) is 3. The van der Waals surface area contributed by atoms with Crippen LogP contribution in [0.15, 0.2) is 43.0 Å². The van der Waals surface area contributed by atoms with E-state index in [2.05, 4.69) is 9.97 Å². The molecule has 3 rings (SSSR count). The second kappa shape index (κ2) is 4.93. The van der Waals surface area contributed by atoms with Crippen molar-refractivity contribution in [3.63, 3.8) is 0 Å². The Hall–Kier alpha value is -2.83. The van der Waals surface area contributed by atoms with Gasteiger partial charge in [0.25, 0.3) is 0 Å². The Bertz CT molecular complexity index is 814. The van der Waals surface area contributed by atoms with E-state index in [1.54, 1.807) is 12.1 Å². The molecule has 2 N–H and O–H groups in total. The third-order valence-electron chi connectivity index (χ3n) is 3.03. The van der Waals surface area contributed by atoms with Gasteiger partial charge in [-0.1, -0.05) is 0 Å². The summed E-state index contributed by atoms with van der Waals surface area (Å²) in [5.41, 5.74) is 6.54. The van der Waals surface area contributed by atoms with Gasteiger partial charge in [0.2, 0.25) is 0 Å². The summed E-state index contributed by atoms with van der Waals surface area (Å²) >= 11 is 0. The van der Waals surface area contributed by atoms with Crippen molar-refractivity contribution < 1.29 is 13.2 Å². The minimum atomic E-state index is -1.54. The largest absolute Gasteiger partial charge is 0.383 e. The molecule has 7 heteroatoms. The highest BCUT2D eigenvalue weighted by Crippen LogP contribution is 2.28. The molecule has 0 fully saturated rings. The Morgan fingerprint density at radius 3 is 2.62 bits per heavy atom. The predicted octanol–water partition coefficient (Wildman–Crippen LogP) is 2.93. The van der Waals surface area contributed by atoms with E-state index < -0.39 is 17.5 Å². The fourth-order valence-corrected chi connectivity index (χ4v) is 2.02. The van der Waals surface area contributed by atoms with Crippen molar-refractivity contribution in [3.05, 3.63) is 60.4 Å². The Morgan fingerprint density at radius 2 is 1.86 bits per heavy atom. The lowest BCUT2D eigenvalue weighted by Crippen LogP contribution is -2.04. The Kier molecular flexibility index (Phi) is 3.09. The average molecular weight is 290 g/mol. The molecule has 106 valence electrons. The molecule has 3 aromatic rings. The number of nitrogens with two attached hydrogens (primary N) is 1. The standard InChI is InChI=1S/C14H9F3N4/c15-9-3-4-10(13(17)12(9)16)21-7-19-6-11(21)8-2-1-5-20-14(8)18/h1-7H,(H2,18,20). The highest BCUT2D eigenvalue weighted by Gasteiger charge is 2.18. The first-order valence-electron chi connectivity index (χ1n) is 5.96. The summed E-state index contributed by atoms with van der Waals surface area (Å²) in [7, 11) is 0. The fourth-order valence-electron chi connectivity index (χ4n) is 2.02. The molecule has 4 nitrogen and oxygen atoms in total. The quantitative estimate of drug-likeness (QED) is 0.738. The van der Waals surface area contributed by atoms with Gasteiger partial charge in [0.1, 0.15) is 5.82 Å². The summed E-state index contributed by atoms with van der Waals surface area (Å²) in [6.45, 7) is 0. The SMILES string of the molecule is Nc1ncccc1-c1cncn1-c1ccc(F)c(F)c1F. The number of benzene rings is 1. The van der Waals surface area contributed by atoms with Crippen LogP contribution in [0.1, 0.15) is 0 Å². The minimum Gasteiger partial charge on any atom is -0.383 e. The van der Waals surface area contributed by atoms with Crippen molar-refractivity contribution in [3.8, 4) is 16.9 Å². The fraction of sp³-hybridized carbons (Fsp3) is 0. The van der Waals surface area contributed by atoms with Crippen molar-refractivity contribution in [2.75, 3.05) is 5.73 Å². The van der Waals surface area contributed by atoms with E-state index in [1.807, 2.05) is 0 Å². The van der Waals surface area contributed by atoms with Crippen LogP contribution in [-0.4, -0.2) is 14.5 Å². The van der Waals surface area contributed by atoms with Crippen LogP contribution < -0.4 is 5.73 Å². The lowest BCUT2D eigenvalue weighted by molar-refractivity contribution is 0.445. The molecule has 0 atom stereocenters. The molecule has 0 spiro atoms. The van der Waals surface area contributed by atoms with Crippen LogP contribution in [0.3, 0.4) is 0 Å². The summed E-state index contributed by atoms with van der Waals surface area (Å²) in [5, 5.41) is 0. The maximum absolute atomic E-state index is 13.9. The molecule has 2 aromatic heterocycles. The number of imidazole rings is 1. The Morgan fingerprint density at radius 1 is 1.05 bits per heavy atom. The number of anilines is 1. The van der Waals surface area contributed by atoms with Crippen LogP contribution in [0.5, 0.6) is 0 Å². The van der Waals surface area contributed by atoms with Gasteiger partial charge in [0.15, 0.2) is 17.5 Å². The number of nitrogen functional groups attached to an aromatic ring is 1. The van der Waals surface area contributed by atoms with E-state index in [1.165, 1.54) is 23.3 Å². The zero-order valence-electron chi connectivity index (χ0n) is 10.6. The molecule has 0 saturated heterocycles. The Labute approximate surface area is 117 Å². The van der Waals surface area contributed by atoms with Crippen LogP contribution in [0, 0.1) is 17.5 Å². The highest BCUT2D eigenvalue weighted by atomic mass is 19.2. The average Bonchev–Trinajstić information content (AvgIpc) is 2.94. The van der Waals surface area contributed by atoms with Gasteiger partial charge in [-0.05, 0) is 24.3 Å². The maximum Gasteiger partial charge on any atom is 0.196 e. The molecule has 1 aromatic carbocycles. The number of aromatic nitrogens is 3. The zero-order valence-corrected chi connectivity index (χ0v) is 10.6. The molecular weight excluding hydrogens is 281 g/mol. The van der Waals surface area contributed by atoms with Gasteiger partial charge in [0, 0.05) is 11.8 Å². The number of halogens is 3. The molecule has 2 heterocycles. The topological polar surface area (TPSA) is 56.7 Å². The van der Waals surface area contributed by atoms with Gasteiger partial charge >= 0.3 is 0 Å². The van der Waals surface area contributed by atoms with Crippen LogP contribution >= 0.6 is 0 Å². The van der Waals surface area contributed by atoms with Gasteiger partial charge < -0.3 is 5.73 Å². The molecule has 21 heavy (non-hydrogen) atoms. The lowest BCUT2D eigenvalue weighted by atomic mass is 10.2. The van der Waals surface area contributed by atoms with E-state index >= 15 is 0 Å². The van der Waals surface area contributed by atoms with Crippen molar-refractivity contribution >= 4 is 5.82 Å². The van der Waals surface area contributed by atoms with E-state index in [-0.39, 0.29) is 11.5 Å². The number of rotatable bonds is 2. The summed E-state index contributed by atoms with van der Waals surface area (Å²) < 4.78 is 41.6. The third kappa shape index (κ3) is 2.12. The molecular formula is C14H9F3N4. The summed E-state index contributed by atoms with van der Waals surface area (Å²) in [6.07, 6.45) is 4.24. The first-order valence-corrected chi connectivity index (χ1v) is 5.96. The molecule has 0 saturated carbocycles. The van der Waals surface area contributed by atoms with Crippen LogP contribution in [0.2, 0.25) is 0 Å². The van der Waals surface area contributed by atoms with Gasteiger partial charge in [-0.15, -0.1) is 0 Å². The minimum absolute atomic E-state index is 0.162. The second-order valence-corrected chi connectivity index (χ2v) is 4.28. The zero-order chi connectivity index (χ0) is 15.0. The number of nitrogens with zero attached hydrogens (tertiary/aromatic N) is 3. The molecule has 0 radical (unpaired) electrons. The summed E-state index contributed by atoms with van der Waals surface area (Å²) in [4.78, 5) is 7.84. The number of hydrogen-bond donors (Lipinski definition) is 1. The normalized spacial score (nSPS) is 10.8. The van der Waals surface area contributed by atoms with Gasteiger partial charge in [-0.25, -0.2) is 23.1 Å².